The smallest absolute Gasteiger partial charge is 0.264 e. The van der Waals surface area contributed by atoms with E-state index in [1.165, 1.54) is 0 Å². The van der Waals surface area contributed by atoms with Crippen molar-refractivity contribution in [3.05, 3.63) is 51.9 Å². The number of rotatable bonds is 8. The fraction of sp³-hybridized carbons (Fsp3) is 0.542. The van der Waals surface area contributed by atoms with Gasteiger partial charge in [-0.25, -0.2) is 0 Å². The van der Waals surface area contributed by atoms with Gasteiger partial charge in [-0.2, -0.15) is 0 Å². The molecule has 1 fully saturated rings. The molecule has 9 heteroatoms. The second-order valence-electron chi connectivity index (χ2n) is 9.46. The van der Waals surface area contributed by atoms with Gasteiger partial charge >= 0.3 is 0 Å². The van der Waals surface area contributed by atoms with E-state index in [2.05, 4.69) is 39.5 Å². The minimum absolute atomic E-state index is 0.0206. The largest absolute Gasteiger partial charge is 0.396 e. The van der Waals surface area contributed by atoms with E-state index in [1.54, 1.807) is 29.5 Å². The van der Waals surface area contributed by atoms with E-state index in [4.69, 9.17) is 9.84 Å². The second kappa shape index (κ2) is 9.09. The van der Waals surface area contributed by atoms with Crippen molar-refractivity contribution < 1.29 is 19.7 Å². The fourth-order valence-corrected chi connectivity index (χ4v) is 6.06. The lowest BCUT2D eigenvalue weighted by molar-refractivity contribution is -0.146. The molecule has 0 unspecified atom stereocenters. The maximum Gasteiger partial charge on any atom is 0.264 e. The minimum Gasteiger partial charge on any atom is -0.396 e. The average molecular weight is 566 g/mol. The third-order valence-corrected chi connectivity index (χ3v) is 7.53. The van der Waals surface area contributed by atoms with E-state index in [1.807, 2.05) is 31.3 Å². The van der Waals surface area contributed by atoms with Crippen molar-refractivity contribution >= 4 is 34.2 Å². The quantitative estimate of drug-likeness (QED) is 0.377. The highest BCUT2D eigenvalue weighted by molar-refractivity contribution is 14.1. The Balaban J connectivity index is 1.70. The molecule has 0 bridgehead atoms. The third kappa shape index (κ3) is 4.13. The summed E-state index contributed by atoms with van der Waals surface area (Å²) in [6.07, 6.45) is 4.20. The number of aromatic nitrogens is 3. The lowest BCUT2D eigenvalue weighted by Crippen LogP contribution is -2.46. The van der Waals surface area contributed by atoms with Gasteiger partial charge in [-0.3, -0.25) is 9.48 Å². The van der Waals surface area contributed by atoms with Gasteiger partial charge < -0.3 is 19.8 Å². The van der Waals surface area contributed by atoms with Crippen LogP contribution in [0.1, 0.15) is 38.4 Å². The molecule has 2 aromatic rings. The van der Waals surface area contributed by atoms with Gasteiger partial charge in [-0.05, 0) is 61.1 Å². The third-order valence-electron chi connectivity index (χ3n) is 6.85. The molecule has 0 aliphatic carbocycles. The Morgan fingerprint density at radius 2 is 2.15 bits per heavy atom. The predicted octanol–water partition coefficient (Wildman–Crippen LogP) is 2.66. The Bertz CT molecular complexity index is 1050. The standard InChI is InChI=1S/C24H31IN4O4/c1-5-10-29-19-7-6-16(25)13-18(19)24(22(29)31)15(2)21(23(3,4)32)20(33-24)8-11-28-14-17(9-12-30)26-27-28/h5-7,13-15,20-21,30,32H,1,8-12H2,2-4H3/t15-,20+,21-,24+/m1/s1. The lowest BCUT2D eigenvalue weighted by atomic mass is 9.71. The van der Waals surface area contributed by atoms with E-state index in [0.29, 0.717) is 25.9 Å². The zero-order valence-electron chi connectivity index (χ0n) is 19.2. The topological polar surface area (TPSA) is 101 Å². The Hall–Kier alpha value is -1.82. The Morgan fingerprint density at radius 3 is 2.82 bits per heavy atom. The number of aliphatic hydroxyl groups excluding tert-OH is 1. The molecule has 1 aromatic heterocycles. The second-order valence-corrected chi connectivity index (χ2v) is 10.7. The predicted molar refractivity (Wildman–Crippen MR) is 133 cm³/mol. The van der Waals surface area contributed by atoms with Gasteiger partial charge in [-0.1, -0.05) is 18.2 Å². The van der Waals surface area contributed by atoms with Crippen LogP contribution in [0.4, 0.5) is 5.69 Å². The normalized spacial score (nSPS) is 26.9. The van der Waals surface area contributed by atoms with Gasteiger partial charge in [0.25, 0.3) is 5.91 Å². The summed E-state index contributed by atoms with van der Waals surface area (Å²) in [5.41, 5.74) is 0.220. The Morgan fingerprint density at radius 1 is 1.39 bits per heavy atom. The van der Waals surface area contributed by atoms with Crippen LogP contribution in [0.5, 0.6) is 0 Å². The van der Waals surface area contributed by atoms with E-state index in [-0.39, 0.29) is 30.5 Å². The molecule has 4 atom stereocenters. The number of hydrogen-bond donors (Lipinski definition) is 2. The molecule has 178 valence electrons. The maximum atomic E-state index is 13.9. The number of hydrogen-bond acceptors (Lipinski definition) is 6. The molecule has 1 aromatic carbocycles. The molecule has 3 heterocycles. The van der Waals surface area contributed by atoms with Gasteiger partial charge in [0, 0.05) is 53.3 Å². The maximum absolute atomic E-state index is 13.9. The van der Waals surface area contributed by atoms with Crippen molar-refractivity contribution in [2.45, 2.75) is 57.5 Å². The number of carbonyl (C=O) groups is 1. The number of carbonyl (C=O) groups excluding carboxylic acids is 1. The first-order valence-corrected chi connectivity index (χ1v) is 12.3. The summed E-state index contributed by atoms with van der Waals surface area (Å²) in [5.74, 6) is -0.617. The Kier molecular flexibility index (Phi) is 6.69. The molecule has 33 heavy (non-hydrogen) atoms. The van der Waals surface area contributed by atoms with Crippen LogP contribution in [0.3, 0.4) is 0 Å². The molecule has 1 spiro atoms. The van der Waals surface area contributed by atoms with Crippen LogP contribution < -0.4 is 4.90 Å². The molecule has 2 N–H and O–H groups in total. The molecule has 1 saturated heterocycles. The molecular weight excluding hydrogens is 535 g/mol. The summed E-state index contributed by atoms with van der Waals surface area (Å²) < 4.78 is 9.47. The highest BCUT2D eigenvalue weighted by atomic mass is 127. The highest BCUT2D eigenvalue weighted by Gasteiger charge is 2.65. The Labute approximate surface area is 207 Å². The highest BCUT2D eigenvalue weighted by Crippen LogP contribution is 2.57. The number of aliphatic hydroxyl groups is 2. The van der Waals surface area contributed by atoms with Crippen LogP contribution >= 0.6 is 22.6 Å². The molecule has 2 aliphatic rings. The average Bonchev–Trinajstić information content (AvgIpc) is 3.38. The number of anilines is 1. The van der Waals surface area contributed by atoms with Crippen molar-refractivity contribution in [1.82, 2.24) is 15.0 Å². The van der Waals surface area contributed by atoms with Crippen LogP contribution in [-0.4, -0.2) is 56.0 Å². The van der Waals surface area contributed by atoms with Crippen molar-refractivity contribution in [2.75, 3.05) is 18.1 Å². The van der Waals surface area contributed by atoms with Crippen molar-refractivity contribution in [2.24, 2.45) is 11.8 Å². The SMILES string of the molecule is C=CCN1C(=O)[C@@]2(O[C@@H](CCn3cc(CCO)nn3)[C@H](C(C)(C)O)[C@H]2C)c2cc(I)ccc21. The summed E-state index contributed by atoms with van der Waals surface area (Å²) in [4.78, 5) is 15.6. The summed E-state index contributed by atoms with van der Waals surface area (Å²) in [7, 11) is 0. The molecule has 1 amide bonds. The van der Waals surface area contributed by atoms with Gasteiger partial charge in [0.05, 0.1) is 23.1 Å². The van der Waals surface area contributed by atoms with Crippen molar-refractivity contribution in [1.29, 1.82) is 0 Å². The number of fused-ring (bicyclic) bond motifs is 2. The number of benzene rings is 1. The molecule has 2 aliphatic heterocycles. The number of nitrogens with zero attached hydrogens (tertiary/aromatic N) is 4. The molecule has 4 rings (SSSR count). The number of halogens is 1. The zero-order valence-corrected chi connectivity index (χ0v) is 21.4. The van der Waals surface area contributed by atoms with Crippen LogP contribution in [0.25, 0.3) is 0 Å². The number of ether oxygens (including phenoxy) is 1. The molecule has 0 saturated carbocycles. The van der Waals surface area contributed by atoms with Gasteiger partial charge in [-0.15, -0.1) is 11.7 Å². The van der Waals surface area contributed by atoms with Gasteiger partial charge in [0.2, 0.25) is 0 Å². The van der Waals surface area contributed by atoms with Crippen LogP contribution in [-0.2, 0) is 28.1 Å². The van der Waals surface area contributed by atoms with Crippen molar-refractivity contribution in [3.63, 3.8) is 0 Å². The van der Waals surface area contributed by atoms with Crippen molar-refractivity contribution in [3.8, 4) is 0 Å². The first-order valence-electron chi connectivity index (χ1n) is 11.3. The fourth-order valence-electron chi connectivity index (χ4n) is 5.57. The molecule has 8 nitrogen and oxygen atoms in total. The molecule has 0 radical (unpaired) electrons. The van der Waals surface area contributed by atoms with E-state index in [0.717, 1.165) is 20.5 Å². The monoisotopic (exact) mass is 566 g/mol. The van der Waals surface area contributed by atoms with E-state index < -0.39 is 11.2 Å². The van der Waals surface area contributed by atoms with Gasteiger partial charge in [0.1, 0.15) is 0 Å². The number of aryl methyl sites for hydroxylation is 1. The zero-order chi connectivity index (χ0) is 24.0. The van der Waals surface area contributed by atoms with Crippen LogP contribution in [0.15, 0.2) is 37.1 Å². The lowest BCUT2D eigenvalue weighted by Gasteiger charge is -2.34. The number of amides is 1. The van der Waals surface area contributed by atoms with Crippen LogP contribution in [0, 0.1) is 15.4 Å². The minimum atomic E-state index is -1.15. The molecular formula is C24H31IN4O4. The summed E-state index contributed by atoms with van der Waals surface area (Å²) in [6.45, 7) is 10.4. The first-order chi connectivity index (χ1) is 15.6. The van der Waals surface area contributed by atoms with Gasteiger partial charge in [0.15, 0.2) is 5.60 Å². The van der Waals surface area contributed by atoms with E-state index in [9.17, 15) is 9.90 Å². The van der Waals surface area contributed by atoms with E-state index >= 15 is 0 Å². The summed E-state index contributed by atoms with van der Waals surface area (Å²) in [6, 6.07) is 5.98. The first kappa shape index (κ1) is 24.3. The van der Waals surface area contributed by atoms with Crippen LogP contribution in [0.2, 0.25) is 0 Å². The summed E-state index contributed by atoms with van der Waals surface area (Å²) in [5, 5.41) is 28.5. The summed E-state index contributed by atoms with van der Waals surface area (Å²) >= 11 is 2.25.